The SMILES string of the molecule is COc1cc(N)ccc1C(=O)Nc1cc(Br)ccc1F. The third-order valence-corrected chi connectivity index (χ3v) is 3.14. The maximum absolute atomic E-state index is 13.6. The van der Waals surface area contributed by atoms with E-state index >= 15 is 0 Å². The van der Waals surface area contributed by atoms with Crippen LogP contribution in [0.15, 0.2) is 40.9 Å². The van der Waals surface area contributed by atoms with Gasteiger partial charge in [0.1, 0.15) is 11.6 Å². The second kappa shape index (κ2) is 5.92. The van der Waals surface area contributed by atoms with Crippen LogP contribution < -0.4 is 15.8 Å². The van der Waals surface area contributed by atoms with Gasteiger partial charge < -0.3 is 15.8 Å². The van der Waals surface area contributed by atoms with E-state index in [4.69, 9.17) is 10.5 Å². The second-order valence-corrected chi connectivity index (χ2v) is 4.95. The number of nitrogens with one attached hydrogen (secondary N) is 1. The Morgan fingerprint density at radius 3 is 2.75 bits per heavy atom. The highest BCUT2D eigenvalue weighted by Crippen LogP contribution is 2.24. The van der Waals surface area contributed by atoms with Gasteiger partial charge in [-0.05, 0) is 30.3 Å². The first-order valence-electron chi connectivity index (χ1n) is 5.71. The first-order valence-corrected chi connectivity index (χ1v) is 6.50. The number of carbonyl (C=O) groups is 1. The molecule has 0 bridgehead atoms. The lowest BCUT2D eigenvalue weighted by atomic mass is 10.1. The van der Waals surface area contributed by atoms with Crippen molar-refractivity contribution in [2.45, 2.75) is 0 Å². The molecule has 2 aromatic rings. The average molecular weight is 339 g/mol. The molecule has 0 aliphatic carbocycles. The number of benzene rings is 2. The highest BCUT2D eigenvalue weighted by molar-refractivity contribution is 9.10. The Kier molecular flexibility index (Phi) is 4.24. The Bertz CT molecular complexity index is 662. The minimum Gasteiger partial charge on any atom is -0.496 e. The molecule has 20 heavy (non-hydrogen) atoms. The van der Waals surface area contributed by atoms with Gasteiger partial charge in [-0.3, -0.25) is 4.79 Å². The maximum Gasteiger partial charge on any atom is 0.259 e. The Balaban J connectivity index is 2.30. The van der Waals surface area contributed by atoms with Crippen molar-refractivity contribution in [3.05, 3.63) is 52.3 Å². The topological polar surface area (TPSA) is 64.3 Å². The fourth-order valence-corrected chi connectivity index (χ4v) is 2.04. The third kappa shape index (κ3) is 3.08. The van der Waals surface area contributed by atoms with E-state index in [2.05, 4.69) is 21.2 Å². The molecule has 0 atom stereocenters. The van der Waals surface area contributed by atoms with E-state index in [0.717, 1.165) is 0 Å². The van der Waals surface area contributed by atoms with Crippen molar-refractivity contribution < 1.29 is 13.9 Å². The lowest BCUT2D eigenvalue weighted by Crippen LogP contribution is -2.14. The number of ether oxygens (including phenoxy) is 1. The molecule has 104 valence electrons. The molecule has 2 aromatic carbocycles. The van der Waals surface area contributed by atoms with Gasteiger partial charge in [-0.25, -0.2) is 4.39 Å². The molecule has 0 saturated heterocycles. The smallest absolute Gasteiger partial charge is 0.259 e. The summed E-state index contributed by atoms with van der Waals surface area (Å²) >= 11 is 3.22. The van der Waals surface area contributed by atoms with Gasteiger partial charge in [-0.2, -0.15) is 0 Å². The summed E-state index contributed by atoms with van der Waals surface area (Å²) in [6.45, 7) is 0. The van der Waals surface area contributed by atoms with Crippen LogP contribution in [0.1, 0.15) is 10.4 Å². The summed E-state index contributed by atoms with van der Waals surface area (Å²) in [6, 6.07) is 8.94. The predicted molar refractivity (Wildman–Crippen MR) is 79.5 cm³/mol. The van der Waals surface area contributed by atoms with E-state index in [-0.39, 0.29) is 11.3 Å². The summed E-state index contributed by atoms with van der Waals surface area (Å²) < 4.78 is 19.4. The van der Waals surface area contributed by atoms with Crippen LogP contribution in [0.3, 0.4) is 0 Å². The molecular weight excluding hydrogens is 327 g/mol. The van der Waals surface area contributed by atoms with Crippen LogP contribution in [-0.2, 0) is 0 Å². The molecule has 2 rings (SSSR count). The van der Waals surface area contributed by atoms with Crippen molar-refractivity contribution in [2.75, 3.05) is 18.2 Å². The van der Waals surface area contributed by atoms with E-state index in [1.807, 2.05) is 0 Å². The van der Waals surface area contributed by atoms with Gasteiger partial charge in [0, 0.05) is 16.2 Å². The van der Waals surface area contributed by atoms with Crippen molar-refractivity contribution in [1.82, 2.24) is 0 Å². The number of amides is 1. The van der Waals surface area contributed by atoms with Crippen LogP contribution in [0.4, 0.5) is 15.8 Å². The minimum absolute atomic E-state index is 0.0863. The third-order valence-electron chi connectivity index (χ3n) is 2.65. The van der Waals surface area contributed by atoms with Gasteiger partial charge >= 0.3 is 0 Å². The number of rotatable bonds is 3. The average Bonchev–Trinajstić information content (AvgIpc) is 2.42. The van der Waals surface area contributed by atoms with Gasteiger partial charge in [-0.15, -0.1) is 0 Å². The summed E-state index contributed by atoms with van der Waals surface area (Å²) in [5.74, 6) is -0.660. The molecule has 6 heteroatoms. The molecule has 0 spiro atoms. The molecule has 0 fully saturated rings. The number of methoxy groups -OCH3 is 1. The Morgan fingerprint density at radius 1 is 1.30 bits per heavy atom. The molecule has 0 aliphatic rings. The van der Waals surface area contributed by atoms with Gasteiger partial charge in [0.15, 0.2) is 0 Å². The fourth-order valence-electron chi connectivity index (χ4n) is 1.68. The maximum atomic E-state index is 13.6. The standard InChI is InChI=1S/C14H12BrFN2O2/c1-20-13-7-9(17)3-4-10(13)14(19)18-12-6-8(15)2-5-11(12)16/h2-7H,17H2,1H3,(H,18,19). The molecule has 0 radical (unpaired) electrons. The number of anilines is 2. The highest BCUT2D eigenvalue weighted by atomic mass is 79.9. The highest BCUT2D eigenvalue weighted by Gasteiger charge is 2.14. The van der Waals surface area contributed by atoms with Gasteiger partial charge in [0.2, 0.25) is 0 Å². The number of hydrogen-bond acceptors (Lipinski definition) is 3. The van der Waals surface area contributed by atoms with Crippen molar-refractivity contribution in [2.24, 2.45) is 0 Å². The first kappa shape index (κ1) is 14.3. The van der Waals surface area contributed by atoms with Crippen LogP contribution in [0, 0.1) is 5.82 Å². The zero-order valence-electron chi connectivity index (χ0n) is 10.6. The lowest BCUT2D eigenvalue weighted by Gasteiger charge is -2.10. The fraction of sp³-hybridized carbons (Fsp3) is 0.0714. The van der Waals surface area contributed by atoms with E-state index in [0.29, 0.717) is 15.9 Å². The molecule has 3 N–H and O–H groups in total. The molecule has 4 nitrogen and oxygen atoms in total. The van der Waals surface area contributed by atoms with E-state index < -0.39 is 11.7 Å². The van der Waals surface area contributed by atoms with Crippen molar-refractivity contribution in [3.8, 4) is 5.75 Å². The van der Waals surface area contributed by atoms with Crippen LogP contribution in [-0.4, -0.2) is 13.0 Å². The van der Waals surface area contributed by atoms with Crippen molar-refractivity contribution in [1.29, 1.82) is 0 Å². The van der Waals surface area contributed by atoms with E-state index in [1.165, 1.54) is 31.4 Å². The van der Waals surface area contributed by atoms with E-state index in [1.54, 1.807) is 12.1 Å². The Labute approximate surface area is 123 Å². The number of nitrogens with two attached hydrogens (primary N) is 1. The summed E-state index contributed by atoms with van der Waals surface area (Å²) in [5.41, 5.74) is 6.47. The Morgan fingerprint density at radius 2 is 2.05 bits per heavy atom. The molecule has 0 saturated carbocycles. The molecule has 0 heterocycles. The molecular formula is C14H12BrFN2O2. The summed E-state index contributed by atoms with van der Waals surface area (Å²) in [4.78, 5) is 12.2. The lowest BCUT2D eigenvalue weighted by molar-refractivity contribution is 0.102. The zero-order chi connectivity index (χ0) is 14.7. The van der Waals surface area contributed by atoms with Crippen LogP contribution >= 0.6 is 15.9 Å². The van der Waals surface area contributed by atoms with Gasteiger partial charge in [-0.1, -0.05) is 15.9 Å². The first-order chi connectivity index (χ1) is 9.51. The Hall–Kier alpha value is -2.08. The second-order valence-electron chi connectivity index (χ2n) is 4.04. The quantitative estimate of drug-likeness (QED) is 0.842. The van der Waals surface area contributed by atoms with Crippen molar-refractivity contribution >= 4 is 33.2 Å². The van der Waals surface area contributed by atoms with Crippen LogP contribution in [0.25, 0.3) is 0 Å². The number of hydrogen-bond donors (Lipinski definition) is 2. The zero-order valence-corrected chi connectivity index (χ0v) is 12.2. The largest absolute Gasteiger partial charge is 0.496 e. The monoisotopic (exact) mass is 338 g/mol. The molecule has 0 aromatic heterocycles. The van der Waals surface area contributed by atoms with Crippen LogP contribution in [0.2, 0.25) is 0 Å². The number of carbonyl (C=O) groups excluding carboxylic acids is 1. The number of nitrogen functional groups attached to an aromatic ring is 1. The predicted octanol–water partition coefficient (Wildman–Crippen LogP) is 3.43. The summed E-state index contributed by atoms with van der Waals surface area (Å²) in [6.07, 6.45) is 0. The van der Waals surface area contributed by atoms with Gasteiger partial charge in [0.25, 0.3) is 5.91 Å². The molecule has 1 amide bonds. The summed E-state index contributed by atoms with van der Waals surface area (Å²) in [5, 5.41) is 2.50. The normalized spacial score (nSPS) is 10.2. The molecule has 0 unspecified atom stereocenters. The van der Waals surface area contributed by atoms with Crippen molar-refractivity contribution in [3.63, 3.8) is 0 Å². The minimum atomic E-state index is -0.518. The molecule has 0 aliphatic heterocycles. The van der Waals surface area contributed by atoms with Crippen LogP contribution in [0.5, 0.6) is 5.75 Å². The number of halogens is 2. The van der Waals surface area contributed by atoms with E-state index in [9.17, 15) is 9.18 Å². The van der Waals surface area contributed by atoms with Gasteiger partial charge in [0.05, 0.1) is 18.4 Å². The summed E-state index contributed by atoms with van der Waals surface area (Å²) in [7, 11) is 1.44.